The molecule has 1 fully saturated rings. The molecule has 0 heterocycles. The minimum Gasteiger partial charge on any atom is -0.496 e. The molecule has 2 rings (SSSR count). The average molecular weight is 262 g/mol. The molecule has 0 aliphatic heterocycles. The minimum atomic E-state index is -0.305. The highest BCUT2D eigenvalue weighted by Crippen LogP contribution is 2.69. The van der Waals surface area contributed by atoms with Crippen LogP contribution in [0.4, 0.5) is 0 Å². The second-order valence-electron chi connectivity index (χ2n) is 7.01. The Morgan fingerprint density at radius 1 is 1.21 bits per heavy atom. The topological polar surface area (TPSA) is 29.5 Å². The van der Waals surface area contributed by atoms with Gasteiger partial charge in [-0.3, -0.25) is 0 Å². The summed E-state index contributed by atoms with van der Waals surface area (Å²) in [6, 6.07) is 6.14. The lowest BCUT2D eigenvalue weighted by molar-refractivity contribution is 0.128. The molecule has 1 aliphatic carbocycles. The van der Waals surface area contributed by atoms with Crippen molar-refractivity contribution >= 4 is 0 Å². The van der Waals surface area contributed by atoms with Crippen molar-refractivity contribution in [3.63, 3.8) is 0 Å². The van der Waals surface area contributed by atoms with E-state index in [1.165, 1.54) is 5.56 Å². The van der Waals surface area contributed by atoms with Gasteiger partial charge in [0.25, 0.3) is 0 Å². The van der Waals surface area contributed by atoms with Crippen LogP contribution in [-0.4, -0.2) is 18.3 Å². The highest BCUT2D eigenvalue weighted by molar-refractivity contribution is 5.37. The van der Waals surface area contributed by atoms with Gasteiger partial charge in [0.15, 0.2) is 0 Å². The zero-order chi connectivity index (χ0) is 14.4. The fourth-order valence-electron chi connectivity index (χ4n) is 3.62. The van der Waals surface area contributed by atoms with Crippen LogP contribution in [0.3, 0.4) is 0 Å². The molecular weight excluding hydrogens is 236 g/mol. The summed E-state index contributed by atoms with van der Waals surface area (Å²) in [5, 5.41) is 10.6. The van der Waals surface area contributed by atoms with Crippen molar-refractivity contribution in [3.8, 4) is 5.75 Å². The van der Waals surface area contributed by atoms with Gasteiger partial charge >= 0.3 is 0 Å². The Morgan fingerprint density at radius 2 is 1.79 bits per heavy atom. The van der Waals surface area contributed by atoms with Gasteiger partial charge in [-0.25, -0.2) is 0 Å². The monoisotopic (exact) mass is 262 g/mol. The van der Waals surface area contributed by atoms with Crippen molar-refractivity contribution in [1.29, 1.82) is 0 Å². The van der Waals surface area contributed by atoms with Crippen molar-refractivity contribution < 1.29 is 9.84 Å². The fourth-order valence-corrected chi connectivity index (χ4v) is 3.62. The van der Waals surface area contributed by atoms with Crippen LogP contribution in [0.5, 0.6) is 5.75 Å². The van der Waals surface area contributed by atoms with Crippen molar-refractivity contribution in [1.82, 2.24) is 0 Å². The van der Waals surface area contributed by atoms with E-state index in [0.717, 1.165) is 11.3 Å². The third-order valence-corrected chi connectivity index (χ3v) is 5.38. The van der Waals surface area contributed by atoms with Gasteiger partial charge in [0.05, 0.1) is 13.2 Å². The van der Waals surface area contributed by atoms with Crippen LogP contribution in [-0.2, 0) is 6.42 Å². The largest absolute Gasteiger partial charge is 0.496 e. The number of aliphatic hydroxyl groups is 1. The summed E-state index contributed by atoms with van der Waals surface area (Å²) < 4.78 is 5.39. The van der Waals surface area contributed by atoms with Gasteiger partial charge < -0.3 is 9.84 Å². The summed E-state index contributed by atoms with van der Waals surface area (Å²) in [4.78, 5) is 0. The van der Waals surface area contributed by atoms with Gasteiger partial charge in [-0.2, -0.15) is 0 Å². The Kier molecular flexibility index (Phi) is 3.42. The van der Waals surface area contributed by atoms with E-state index in [1.54, 1.807) is 7.11 Å². The van der Waals surface area contributed by atoms with Crippen molar-refractivity contribution in [2.45, 2.75) is 47.1 Å². The number of benzene rings is 1. The second kappa shape index (κ2) is 4.52. The van der Waals surface area contributed by atoms with Gasteiger partial charge in [0.2, 0.25) is 0 Å². The highest BCUT2D eigenvalue weighted by Gasteiger charge is 2.66. The van der Waals surface area contributed by atoms with E-state index in [9.17, 15) is 5.11 Å². The first kappa shape index (κ1) is 14.4. The lowest BCUT2D eigenvalue weighted by Gasteiger charge is -2.16. The summed E-state index contributed by atoms with van der Waals surface area (Å²) in [7, 11) is 1.69. The molecule has 1 aromatic rings. The summed E-state index contributed by atoms with van der Waals surface area (Å²) in [6.45, 7) is 11.0. The van der Waals surface area contributed by atoms with Crippen LogP contribution in [0.25, 0.3) is 0 Å². The molecule has 0 aromatic heterocycles. The predicted molar refractivity (Wildman–Crippen MR) is 78.5 cm³/mol. The predicted octanol–water partition coefficient (Wildman–Crippen LogP) is 3.59. The van der Waals surface area contributed by atoms with E-state index in [-0.39, 0.29) is 16.9 Å². The van der Waals surface area contributed by atoms with Gasteiger partial charge in [-0.15, -0.1) is 0 Å². The molecule has 1 unspecified atom stereocenters. The van der Waals surface area contributed by atoms with Crippen molar-refractivity contribution in [3.05, 3.63) is 29.3 Å². The Bertz CT molecular complexity index is 460. The highest BCUT2D eigenvalue weighted by atomic mass is 16.5. The van der Waals surface area contributed by atoms with Crippen molar-refractivity contribution in [2.24, 2.45) is 16.7 Å². The van der Waals surface area contributed by atoms with E-state index in [2.05, 4.69) is 40.7 Å². The van der Waals surface area contributed by atoms with Crippen LogP contribution in [0, 0.1) is 23.7 Å². The Hall–Kier alpha value is -1.02. The van der Waals surface area contributed by atoms with E-state index in [0.29, 0.717) is 12.3 Å². The van der Waals surface area contributed by atoms with E-state index in [4.69, 9.17) is 4.74 Å². The van der Waals surface area contributed by atoms with E-state index < -0.39 is 0 Å². The number of aryl methyl sites for hydroxylation is 1. The molecule has 1 saturated carbocycles. The number of hydrogen-bond donors (Lipinski definition) is 1. The number of hydrogen-bond acceptors (Lipinski definition) is 2. The normalized spacial score (nSPS) is 22.1. The van der Waals surface area contributed by atoms with Crippen LogP contribution in [0.2, 0.25) is 0 Å². The maximum Gasteiger partial charge on any atom is 0.122 e. The molecule has 1 aliphatic rings. The van der Waals surface area contributed by atoms with Crippen LogP contribution in [0.15, 0.2) is 18.2 Å². The molecule has 106 valence electrons. The average Bonchev–Trinajstić information content (AvgIpc) is 2.69. The molecule has 0 saturated heterocycles. The molecule has 0 spiro atoms. The molecule has 1 aromatic carbocycles. The van der Waals surface area contributed by atoms with E-state index in [1.807, 2.05) is 12.1 Å². The lowest BCUT2D eigenvalue weighted by atomic mass is 9.98. The lowest BCUT2D eigenvalue weighted by Crippen LogP contribution is -2.18. The van der Waals surface area contributed by atoms with Crippen LogP contribution < -0.4 is 4.74 Å². The van der Waals surface area contributed by atoms with Gasteiger partial charge in [-0.05, 0) is 35.3 Å². The SMILES string of the molecule is COc1ccc(C)cc1CC(O)C1C(C)(C)C1(C)C. The zero-order valence-corrected chi connectivity index (χ0v) is 12.9. The van der Waals surface area contributed by atoms with E-state index >= 15 is 0 Å². The van der Waals surface area contributed by atoms with Gasteiger partial charge in [-0.1, -0.05) is 45.4 Å². The Labute approximate surface area is 116 Å². The maximum atomic E-state index is 10.6. The molecule has 19 heavy (non-hydrogen) atoms. The molecule has 0 radical (unpaired) electrons. The minimum absolute atomic E-state index is 0.212. The third-order valence-electron chi connectivity index (χ3n) is 5.38. The van der Waals surface area contributed by atoms with Crippen LogP contribution >= 0.6 is 0 Å². The first-order chi connectivity index (χ1) is 8.71. The Morgan fingerprint density at radius 3 is 2.26 bits per heavy atom. The van der Waals surface area contributed by atoms with Gasteiger partial charge in [0, 0.05) is 6.42 Å². The summed E-state index contributed by atoms with van der Waals surface area (Å²) in [5.74, 6) is 1.23. The second-order valence-corrected chi connectivity index (χ2v) is 7.01. The first-order valence-corrected chi connectivity index (χ1v) is 7.03. The first-order valence-electron chi connectivity index (χ1n) is 7.03. The maximum absolute atomic E-state index is 10.6. The fraction of sp³-hybridized carbons (Fsp3) is 0.647. The molecule has 2 heteroatoms. The molecule has 1 atom stereocenters. The number of rotatable bonds is 4. The summed E-state index contributed by atoms with van der Waals surface area (Å²) in [6.07, 6.45) is 0.364. The molecule has 1 N–H and O–H groups in total. The molecule has 0 bridgehead atoms. The summed E-state index contributed by atoms with van der Waals surface area (Å²) >= 11 is 0. The Balaban J connectivity index is 2.17. The van der Waals surface area contributed by atoms with Crippen molar-refractivity contribution in [2.75, 3.05) is 7.11 Å². The van der Waals surface area contributed by atoms with Gasteiger partial charge in [0.1, 0.15) is 5.75 Å². The third kappa shape index (κ3) is 2.27. The quantitative estimate of drug-likeness (QED) is 0.898. The van der Waals surface area contributed by atoms with Crippen LogP contribution in [0.1, 0.15) is 38.8 Å². The standard InChI is InChI=1S/C17H26O2/c1-11-7-8-14(19-6)12(9-11)10-13(18)15-16(2,3)17(15,4)5/h7-9,13,15,18H,10H2,1-6H3. The summed E-state index contributed by atoms with van der Waals surface area (Å²) in [5.41, 5.74) is 2.73. The number of methoxy groups -OCH3 is 1. The molecule has 0 amide bonds. The number of ether oxygens (including phenoxy) is 1. The molecule has 2 nitrogen and oxygen atoms in total. The molecular formula is C17H26O2. The smallest absolute Gasteiger partial charge is 0.122 e. The zero-order valence-electron chi connectivity index (χ0n) is 12.9. The number of aliphatic hydroxyl groups excluding tert-OH is 1.